The van der Waals surface area contributed by atoms with Gasteiger partial charge >= 0.3 is 5.97 Å². The monoisotopic (exact) mass is 399 g/mol. The van der Waals surface area contributed by atoms with E-state index in [9.17, 15) is 4.79 Å². The molecule has 6 heteroatoms. The summed E-state index contributed by atoms with van der Waals surface area (Å²) in [6.45, 7) is 4.95. The number of ether oxygens (including phenoxy) is 4. The van der Waals surface area contributed by atoms with Crippen LogP contribution in [0.4, 0.5) is 0 Å². The molecule has 5 aliphatic rings. The largest absolute Gasteiger partial charge is 0.462 e. The van der Waals surface area contributed by atoms with Gasteiger partial charge in [-0.2, -0.15) is 0 Å². The van der Waals surface area contributed by atoms with E-state index in [1.807, 2.05) is 18.2 Å². The fourth-order valence-electron chi connectivity index (χ4n) is 6.61. The van der Waals surface area contributed by atoms with Crippen molar-refractivity contribution in [2.75, 3.05) is 19.9 Å². The highest BCUT2D eigenvalue weighted by atomic mass is 16.7. The van der Waals surface area contributed by atoms with Gasteiger partial charge in [0.1, 0.15) is 6.10 Å². The van der Waals surface area contributed by atoms with Gasteiger partial charge in [-0.1, -0.05) is 13.0 Å². The number of hydrogen-bond donors (Lipinski definition) is 1. The molecular formula is C23H29NO5. The third-order valence-corrected chi connectivity index (χ3v) is 8.21. The highest BCUT2D eigenvalue weighted by molar-refractivity contribution is 5.75. The lowest BCUT2D eigenvalue weighted by Gasteiger charge is -2.51. The number of carbonyl (C=O) groups excluding carboxylic acids is 1. The Morgan fingerprint density at radius 1 is 1.21 bits per heavy atom. The zero-order valence-electron chi connectivity index (χ0n) is 16.9. The van der Waals surface area contributed by atoms with Crippen molar-refractivity contribution in [2.45, 2.75) is 57.3 Å². The zero-order valence-corrected chi connectivity index (χ0v) is 16.9. The summed E-state index contributed by atoms with van der Waals surface area (Å²) in [5, 5.41) is 3.49. The Morgan fingerprint density at radius 2 is 2.07 bits per heavy atom. The Labute approximate surface area is 171 Å². The number of rotatable bonds is 4. The zero-order chi connectivity index (χ0) is 19.6. The van der Waals surface area contributed by atoms with E-state index >= 15 is 0 Å². The first-order valence-electron chi connectivity index (χ1n) is 11.0. The van der Waals surface area contributed by atoms with E-state index in [0.29, 0.717) is 24.9 Å². The highest BCUT2D eigenvalue weighted by Gasteiger charge is 2.64. The van der Waals surface area contributed by atoms with Crippen molar-refractivity contribution < 1.29 is 23.7 Å². The van der Waals surface area contributed by atoms with E-state index in [2.05, 4.69) is 12.2 Å². The van der Waals surface area contributed by atoms with E-state index in [0.717, 1.165) is 36.5 Å². The van der Waals surface area contributed by atoms with Crippen molar-refractivity contribution in [2.24, 2.45) is 23.2 Å². The summed E-state index contributed by atoms with van der Waals surface area (Å²) >= 11 is 0. The number of esters is 1. The Morgan fingerprint density at radius 3 is 2.93 bits per heavy atom. The molecule has 2 saturated carbocycles. The number of benzene rings is 1. The topological polar surface area (TPSA) is 69.3 Å². The van der Waals surface area contributed by atoms with E-state index in [1.54, 1.807) is 0 Å². The van der Waals surface area contributed by atoms with Crippen LogP contribution in [0, 0.1) is 23.2 Å². The second-order valence-corrected chi connectivity index (χ2v) is 9.92. The average Bonchev–Trinajstić information content (AvgIpc) is 3.18. The molecule has 0 radical (unpaired) electrons. The standard InChI is InChI=1S/C23H29NO5/c1-22-5-2-6-23(12-28-23)20(22)8-15-16(21(25)29-19(15)9-22)11-24-10-14-3-4-17-18(7-14)27-13-26-17/h3-4,7,15-16,19-20,24H,2,5-6,8-13H2,1H3/t15-,16+,19-,20+,22-,23+/m1/s1. The van der Waals surface area contributed by atoms with Gasteiger partial charge in [-0.3, -0.25) is 4.79 Å². The number of carbonyl (C=O) groups is 1. The summed E-state index contributed by atoms with van der Waals surface area (Å²) in [7, 11) is 0. The van der Waals surface area contributed by atoms with Crippen molar-refractivity contribution >= 4 is 5.97 Å². The third-order valence-electron chi connectivity index (χ3n) is 8.21. The molecule has 1 aromatic rings. The minimum Gasteiger partial charge on any atom is -0.462 e. The molecule has 3 heterocycles. The van der Waals surface area contributed by atoms with Crippen LogP contribution < -0.4 is 14.8 Å². The van der Waals surface area contributed by atoms with Gasteiger partial charge < -0.3 is 24.3 Å². The van der Waals surface area contributed by atoms with E-state index < -0.39 is 0 Å². The van der Waals surface area contributed by atoms with Crippen LogP contribution in [-0.2, 0) is 20.8 Å². The Bertz CT molecular complexity index is 837. The number of fused-ring (bicyclic) bond motifs is 4. The first-order chi connectivity index (χ1) is 14.1. The maximum absolute atomic E-state index is 12.7. The summed E-state index contributed by atoms with van der Waals surface area (Å²) in [6, 6.07) is 5.99. The van der Waals surface area contributed by atoms with Crippen molar-refractivity contribution in [1.82, 2.24) is 5.32 Å². The predicted molar refractivity (Wildman–Crippen MR) is 104 cm³/mol. The SMILES string of the molecule is C[C@]12CCC[C@]3(CO3)[C@H]1C[C@@H]1[C@H](CNCc3ccc4c(c3)OCO4)C(=O)O[C@@H]1C2. The molecule has 2 aliphatic carbocycles. The molecule has 156 valence electrons. The van der Waals surface area contributed by atoms with Gasteiger partial charge in [-0.25, -0.2) is 0 Å². The maximum atomic E-state index is 12.7. The first kappa shape index (κ1) is 18.0. The van der Waals surface area contributed by atoms with E-state index in [4.69, 9.17) is 18.9 Å². The Balaban J connectivity index is 1.13. The van der Waals surface area contributed by atoms with Crippen LogP contribution >= 0.6 is 0 Å². The minimum absolute atomic E-state index is 0.0220. The van der Waals surface area contributed by atoms with Crippen LogP contribution in [0.3, 0.4) is 0 Å². The molecule has 4 fully saturated rings. The maximum Gasteiger partial charge on any atom is 0.310 e. The van der Waals surface area contributed by atoms with Crippen LogP contribution in [0.1, 0.15) is 44.6 Å². The summed E-state index contributed by atoms with van der Waals surface area (Å²) in [5.41, 5.74) is 1.49. The lowest BCUT2D eigenvalue weighted by molar-refractivity contribution is -0.147. The lowest BCUT2D eigenvalue weighted by atomic mass is 9.53. The number of epoxide rings is 1. The van der Waals surface area contributed by atoms with Gasteiger partial charge in [0.05, 0.1) is 18.1 Å². The van der Waals surface area contributed by atoms with Crippen LogP contribution in [0.2, 0.25) is 0 Å². The molecule has 6 rings (SSSR count). The predicted octanol–water partition coefficient (Wildman–Crippen LogP) is 3.03. The molecule has 3 aliphatic heterocycles. The van der Waals surface area contributed by atoms with Crippen LogP contribution in [0.25, 0.3) is 0 Å². The molecule has 29 heavy (non-hydrogen) atoms. The van der Waals surface area contributed by atoms with Gasteiger partial charge in [0.2, 0.25) is 6.79 Å². The fourth-order valence-corrected chi connectivity index (χ4v) is 6.61. The lowest BCUT2D eigenvalue weighted by Crippen LogP contribution is -2.51. The fraction of sp³-hybridized carbons (Fsp3) is 0.696. The molecule has 6 atom stereocenters. The van der Waals surface area contributed by atoms with Crippen LogP contribution in [0.15, 0.2) is 18.2 Å². The summed E-state index contributed by atoms with van der Waals surface area (Å²) < 4.78 is 22.7. The molecule has 1 N–H and O–H groups in total. The Hall–Kier alpha value is -1.79. The van der Waals surface area contributed by atoms with E-state index in [1.165, 1.54) is 19.3 Å². The van der Waals surface area contributed by atoms with Gasteiger partial charge in [0.15, 0.2) is 11.5 Å². The summed E-state index contributed by atoms with van der Waals surface area (Å²) in [5.74, 6) is 2.38. The van der Waals surface area contributed by atoms with Crippen molar-refractivity contribution in [3.63, 3.8) is 0 Å². The molecule has 0 aromatic heterocycles. The molecule has 0 unspecified atom stereocenters. The molecule has 1 aromatic carbocycles. The molecule has 0 amide bonds. The second kappa shape index (κ2) is 6.35. The molecule has 2 saturated heterocycles. The number of nitrogens with one attached hydrogen (secondary N) is 1. The molecule has 6 nitrogen and oxygen atoms in total. The van der Waals surface area contributed by atoms with E-state index in [-0.39, 0.29) is 35.8 Å². The van der Waals surface area contributed by atoms with Crippen molar-refractivity contribution in [1.29, 1.82) is 0 Å². The quantitative estimate of drug-likeness (QED) is 0.620. The van der Waals surface area contributed by atoms with Gasteiger partial charge in [0, 0.05) is 19.0 Å². The van der Waals surface area contributed by atoms with Crippen LogP contribution in [0.5, 0.6) is 11.5 Å². The van der Waals surface area contributed by atoms with Gasteiger partial charge in [0.25, 0.3) is 0 Å². The molecule has 0 bridgehead atoms. The second-order valence-electron chi connectivity index (χ2n) is 9.92. The van der Waals surface area contributed by atoms with Crippen LogP contribution in [-0.4, -0.2) is 37.6 Å². The van der Waals surface area contributed by atoms with Crippen molar-refractivity contribution in [3.05, 3.63) is 23.8 Å². The molecular weight excluding hydrogens is 370 g/mol. The molecule has 1 spiro atoms. The van der Waals surface area contributed by atoms with Gasteiger partial charge in [-0.15, -0.1) is 0 Å². The average molecular weight is 399 g/mol. The highest BCUT2D eigenvalue weighted by Crippen LogP contribution is 2.62. The Kier molecular flexibility index (Phi) is 3.95. The van der Waals surface area contributed by atoms with Gasteiger partial charge in [-0.05, 0) is 61.1 Å². The number of hydrogen-bond acceptors (Lipinski definition) is 6. The summed E-state index contributed by atoms with van der Waals surface area (Å²) in [4.78, 5) is 12.7. The normalized spacial score (nSPS) is 41.8. The first-order valence-corrected chi connectivity index (χ1v) is 11.0. The smallest absolute Gasteiger partial charge is 0.310 e. The third kappa shape index (κ3) is 2.87. The van der Waals surface area contributed by atoms with Crippen molar-refractivity contribution in [3.8, 4) is 11.5 Å². The minimum atomic E-state index is -0.0590. The summed E-state index contributed by atoms with van der Waals surface area (Å²) in [6.07, 6.45) is 5.79.